The van der Waals surface area contributed by atoms with E-state index >= 15 is 0 Å². The number of carbonyl (C=O) groups excluding carboxylic acids is 1. The molecule has 0 unspecified atom stereocenters. The van der Waals surface area contributed by atoms with Gasteiger partial charge in [-0.1, -0.05) is 12.8 Å². The van der Waals surface area contributed by atoms with Crippen LogP contribution in [0.3, 0.4) is 0 Å². The molecule has 0 atom stereocenters. The third kappa shape index (κ3) is 3.29. The van der Waals surface area contributed by atoms with E-state index in [0.29, 0.717) is 18.4 Å². The maximum absolute atomic E-state index is 12.0. The molecule has 1 saturated heterocycles. The molecule has 0 bridgehead atoms. The Hall–Kier alpha value is -0.610. The predicted octanol–water partition coefficient (Wildman–Crippen LogP) is 2.37. The lowest BCUT2D eigenvalue weighted by molar-refractivity contribution is -0.183. The summed E-state index contributed by atoms with van der Waals surface area (Å²) in [6.45, 7) is 1.46. The fourth-order valence-electron chi connectivity index (χ4n) is 3.73. The van der Waals surface area contributed by atoms with E-state index in [1.807, 2.05) is 0 Å². The third-order valence-corrected chi connectivity index (χ3v) is 4.87. The van der Waals surface area contributed by atoms with Crippen molar-refractivity contribution in [3.05, 3.63) is 0 Å². The summed E-state index contributed by atoms with van der Waals surface area (Å²) >= 11 is 0. The lowest BCUT2D eigenvalue weighted by Gasteiger charge is -2.35. The molecule has 1 spiro atoms. The molecule has 1 amide bonds. The zero-order valence-electron chi connectivity index (χ0n) is 11.7. The fourth-order valence-corrected chi connectivity index (χ4v) is 3.73. The van der Waals surface area contributed by atoms with Crippen LogP contribution in [0.15, 0.2) is 0 Å². The molecule has 3 rings (SSSR count). The van der Waals surface area contributed by atoms with Gasteiger partial charge in [-0.2, -0.15) is 0 Å². The average Bonchev–Trinajstić information content (AvgIpc) is 3.05. The van der Waals surface area contributed by atoms with Crippen molar-refractivity contribution in [2.24, 2.45) is 5.92 Å². The molecular formula is C15H25NO3. The van der Waals surface area contributed by atoms with Gasteiger partial charge in [-0.15, -0.1) is 0 Å². The molecule has 0 radical (unpaired) electrons. The Bertz CT molecular complexity index is 309. The second kappa shape index (κ2) is 5.80. The normalized spacial score (nSPS) is 28.0. The molecule has 108 valence electrons. The maximum Gasteiger partial charge on any atom is 0.220 e. The minimum Gasteiger partial charge on any atom is -0.353 e. The minimum absolute atomic E-state index is 0.251. The Morgan fingerprint density at radius 3 is 2.32 bits per heavy atom. The van der Waals surface area contributed by atoms with Gasteiger partial charge in [0.1, 0.15) is 0 Å². The highest BCUT2D eigenvalue weighted by molar-refractivity contribution is 5.76. The number of carbonyl (C=O) groups is 1. The number of hydrogen-bond acceptors (Lipinski definition) is 3. The van der Waals surface area contributed by atoms with Gasteiger partial charge in [0, 0.05) is 25.3 Å². The lowest BCUT2D eigenvalue weighted by atomic mass is 9.83. The van der Waals surface area contributed by atoms with Gasteiger partial charge in [0.2, 0.25) is 5.91 Å². The van der Waals surface area contributed by atoms with E-state index in [1.54, 1.807) is 0 Å². The van der Waals surface area contributed by atoms with Crippen molar-refractivity contribution in [1.82, 2.24) is 5.32 Å². The first-order valence-electron chi connectivity index (χ1n) is 7.83. The molecule has 1 aliphatic heterocycles. The zero-order chi connectivity index (χ0) is 13.1. The smallest absolute Gasteiger partial charge is 0.220 e. The Morgan fingerprint density at radius 2 is 1.68 bits per heavy atom. The summed E-state index contributed by atoms with van der Waals surface area (Å²) in [6, 6.07) is 0.448. The Kier molecular flexibility index (Phi) is 4.08. The lowest BCUT2D eigenvalue weighted by Crippen LogP contribution is -2.38. The van der Waals surface area contributed by atoms with Crippen molar-refractivity contribution in [3.8, 4) is 0 Å². The highest BCUT2D eigenvalue weighted by Crippen LogP contribution is 2.39. The van der Waals surface area contributed by atoms with Crippen LogP contribution in [0.4, 0.5) is 0 Å². The van der Waals surface area contributed by atoms with Crippen LogP contribution in [-0.2, 0) is 14.3 Å². The van der Waals surface area contributed by atoms with Crippen molar-refractivity contribution in [2.45, 2.75) is 69.6 Å². The van der Waals surface area contributed by atoms with E-state index in [1.165, 1.54) is 25.7 Å². The molecule has 1 N–H and O–H groups in total. The molecule has 4 heteroatoms. The van der Waals surface area contributed by atoms with Gasteiger partial charge in [-0.3, -0.25) is 4.79 Å². The molecule has 0 aromatic rings. The fraction of sp³-hybridized carbons (Fsp3) is 0.933. The largest absolute Gasteiger partial charge is 0.353 e. The van der Waals surface area contributed by atoms with Crippen molar-refractivity contribution < 1.29 is 14.3 Å². The molecule has 0 aromatic carbocycles. The van der Waals surface area contributed by atoms with Gasteiger partial charge < -0.3 is 14.8 Å². The second-order valence-corrected chi connectivity index (χ2v) is 6.30. The van der Waals surface area contributed by atoms with Gasteiger partial charge in [0.05, 0.1) is 13.2 Å². The Balaban J connectivity index is 1.40. The first-order valence-corrected chi connectivity index (χ1v) is 7.83. The van der Waals surface area contributed by atoms with Crippen molar-refractivity contribution in [3.63, 3.8) is 0 Å². The summed E-state index contributed by atoms with van der Waals surface area (Å²) in [5, 5.41) is 3.19. The summed E-state index contributed by atoms with van der Waals surface area (Å²) in [5.74, 6) is 0.472. The van der Waals surface area contributed by atoms with Crippen LogP contribution in [0, 0.1) is 5.92 Å². The second-order valence-electron chi connectivity index (χ2n) is 6.30. The number of hydrogen-bond donors (Lipinski definition) is 1. The number of rotatable bonds is 3. The van der Waals surface area contributed by atoms with E-state index in [9.17, 15) is 4.79 Å². The summed E-state index contributed by atoms with van der Waals surface area (Å²) in [6.07, 6.45) is 9.57. The summed E-state index contributed by atoms with van der Waals surface area (Å²) < 4.78 is 11.4. The van der Waals surface area contributed by atoms with Gasteiger partial charge in [0.15, 0.2) is 5.79 Å². The standard InChI is InChI=1S/C15H25NO3/c17-14(16-13-3-1-2-4-13)11-12-5-7-15(8-6-12)18-9-10-19-15/h12-13H,1-11H2,(H,16,17). The SMILES string of the molecule is O=C(CC1CCC2(CC1)OCCO2)NC1CCCC1. The third-order valence-electron chi connectivity index (χ3n) is 4.87. The molecule has 4 nitrogen and oxygen atoms in total. The van der Waals surface area contributed by atoms with E-state index in [2.05, 4.69) is 5.32 Å². The number of ether oxygens (including phenoxy) is 2. The quantitative estimate of drug-likeness (QED) is 0.854. The number of amides is 1. The van der Waals surface area contributed by atoms with Crippen molar-refractivity contribution in [2.75, 3.05) is 13.2 Å². The molecule has 2 saturated carbocycles. The summed E-state index contributed by atoms with van der Waals surface area (Å²) in [7, 11) is 0. The molecule has 1 heterocycles. The van der Waals surface area contributed by atoms with Crippen LogP contribution in [0.1, 0.15) is 57.8 Å². The first-order chi connectivity index (χ1) is 9.26. The molecule has 0 aromatic heterocycles. The monoisotopic (exact) mass is 267 g/mol. The van der Waals surface area contributed by atoms with Crippen LogP contribution in [0.5, 0.6) is 0 Å². The van der Waals surface area contributed by atoms with Gasteiger partial charge in [-0.25, -0.2) is 0 Å². The van der Waals surface area contributed by atoms with Gasteiger partial charge in [0.25, 0.3) is 0 Å². The van der Waals surface area contributed by atoms with Crippen LogP contribution >= 0.6 is 0 Å². The van der Waals surface area contributed by atoms with Crippen LogP contribution in [-0.4, -0.2) is 30.9 Å². The highest BCUT2D eigenvalue weighted by Gasteiger charge is 2.40. The highest BCUT2D eigenvalue weighted by atomic mass is 16.7. The molecule has 3 fully saturated rings. The van der Waals surface area contributed by atoms with Crippen LogP contribution in [0.25, 0.3) is 0 Å². The van der Waals surface area contributed by atoms with E-state index in [-0.39, 0.29) is 11.7 Å². The van der Waals surface area contributed by atoms with Crippen LogP contribution < -0.4 is 5.32 Å². The summed E-state index contributed by atoms with van der Waals surface area (Å²) in [5.41, 5.74) is 0. The minimum atomic E-state index is -0.293. The summed E-state index contributed by atoms with van der Waals surface area (Å²) in [4.78, 5) is 12.0. The van der Waals surface area contributed by atoms with Gasteiger partial charge in [-0.05, 0) is 31.6 Å². The van der Waals surface area contributed by atoms with Crippen molar-refractivity contribution in [1.29, 1.82) is 0 Å². The van der Waals surface area contributed by atoms with E-state index < -0.39 is 0 Å². The predicted molar refractivity (Wildman–Crippen MR) is 71.6 cm³/mol. The number of nitrogens with one attached hydrogen (secondary N) is 1. The van der Waals surface area contributed by atoms with Crippen molar-refractivity contribution >= 4 is 5.91 Å². The topological polar surface area (TPSA) is 47.6 Å². The molecule has 2 aliphatic carbocycles. The van der Waals surface area contributed by atoms with E-state index in [4.69, 9.17) is 9.47 Å². The molecule has 19 heavy (non-hydrogen) atoms. The van der Waals surface area contributed by atoms with Gasteiger partial charge >= 0.3 is 0 Å². The van der Waals surface area contributed by atoms with Crippen LogP contribution in [0.2, 0.25) is 0 Å². The molecular weight excluding hydrogens is 242 g/mol. The van der Waals surface area contributed by atoms with E-state index in [0.717, 1.165) is 38.9 Å². The Labute approximate surface area is 115 Å². The Morgan fingerprint density at radius 1 is 1.05 bits per heavy atom. The first kappa shape index (κ1) is 13.4. The average molecular weight is 267 g/mol. The maximum atomic E-state index is 12.0. The molecule has 3 aliphatic rings. The zero-order valence-corrected chi connectivity index (χ0v) is 11.7.